The minimum absolute atomic E-state index is 0.121. The molecule has 0 amide bonds. The number of oxime groups is 1. The van der Waals surface area contributed by atoms with E-state index in [1.165, 1.54) is 12.2 Å². The van der Waals surface area contributed by atoms with Crippen LogP contribution in [0.2, 0.25) is 0 Å². The molecule has 0 saturated carbocycles. The molecule has 2 atom stereocenters. The highest BCUT2D eigenvalue weighted by molar-refractivity contribution is 5.92. The number of hydrogen-bond acceptors (Lipinski definition) is 4. The largest absolute Gasteiger partial charge is 0.396 e. The molecule has 0 aromatic heterocycles. The van der Waals surface area contributed by atoms with Crippen molar-refractivity contribution in [3.05, 3.63) is 24.1 Å². The van der Waals surface area contributed by atoms with Gasteiger partial charge in [0.1, 0.15) is 5.83 Å². The molecule has 4 nitrogen and oxygen atoms in total. The number of hydrogen-bond donors (Lipinski definition) is 1. The molecule has 116 valence electrons. The molecule has 2 heterocycles. The average molecular weight is 294 g/mol. The quantitative estimate of drug-likeness (QED) is 0.791. The lowest BCUT2D eigenvalue weighted by molar-refractivity contribution is 0.103. The Morgan fingerprint density at radius 2 is 2.14 bits per heavy atom. The summed E-state index contributed by atoms with van der Waals surface area (Å²) in [5, 5.41) is 13.1. The van der Waals surface area contributed by atoms with E-state index in [4.69, 9.17) is 9.94 Å². The Bertz CT molecular complexity index is 453. The zero-order valence-corrected chi connectivity index (χ0v) is 12.2. The maximum absolute atomic E-state index is 13.2. The SMILES string of the molecule is OCCCCN1CCC(C2=NOC3C=C(F)C=CC23)CC1. The number of unbranched alkanes of at least 4 members (excludes halogenated alkanes) is 1. The third-order valence-electron chi connectivity index (χ3n) is 4.65. The number of nitrogens with zero attached hydrogens (tertiary/aromatic N) is 2. The van der Waals surface area contributed by atoms with E-state index in [-0.39, 0.29) is 24.5 Å². The highest BCUT2D eigenvalue weighted by Crippen LogP contribution is 2.33. The standard InChI is InChI=1S/C16H23FN2O2/c17-13-3-4-14-15(11-13)21-18-16(14)12-5-8-19(9-6-12)7-1-2-10-20/h3-4,11-12,14-15,20H,1-2,5-10H2. The molecule has 1 aliphatic carbocycles. The van der Waals surface area contributed by atoms with Crippen LogP contribution in [0.4, 0.5) is 4.39 Å². The Balaban J connectivity index is 1.50. The molecule has 0 aromatic carbocycles. The van der Waals surface area contributed by atoms with Crippen LogP contribution in [0.15, 0.2) is 29.2 Å². The minimum Gasteiger partial charge on any atom is -0.396 e. The van der Waals surface area contributed by atoms with Crippen molar-refractivity contribution in [2.75, 3.05) is 26.2 Å². The Morgan fingerprint density at radius 1 is 1.33 bits per heavy atom. The fourth-order valence-electron chi connectivity index (χ4n) is 3.41. The van der Waals surface area contributed by atoms with Gasteiger partial charge in [0, 0.05) is 12.5 Å². The van der Waals surface area contributed by atoms with E-state index in [1.807, 2.05) is 6.08 Å². The summed E-state index contributed by atoms with van der Waals surface area (Å²) in [7, 11) is 0. The Hall–Kier alpha value is -1.20. The van der Waals surface area contributed by atoms with Crippen LogP contribution in [0.25, 0.3) is 0 Å². The van der Waals surface area contributed by atoms with E-state index in [0.29, 0.717) is 5.92 Å². The fourth-order valence-corrected chi connectivity index (χ4v) is 3.41. The van der Waals surface area contributed by atoms with Crippen molar-refractivity contribution >= 4 is 5.71 Å². The van der Waals surface area contributed by atoms with Crippen LogP contribution >= 0.6 is 0 Å². The van der Waals surface area contributed by atoms with Gasteiger partial charge in [0.2, 0.25) is 0 Å². The van der Waals surface area contributed by atoms with E-state index < -0.39 is 0 Å². The molecule has 1 saturated heterocycles. The van der Waals surface area contributed by atoms with Crippen LogP contribution in [0, 0.1) is 11.8 Å². The predicted octanol–water partition coefficient (Wildman–Crippen LogP) is 2.27. The number of aliphatic hydroxyl groups is 1. The first kappa shape index (κ1) is 14.7. The average Bonchev–Trinajstić information content (AvgIpc) is 2.91. The highest BCUT2D eigenvalue weighted by Gasteiger charge is 2.38. The lowest BCUT2D eigenvalue weighted by Gasteiger charge is -2.32. The minimum atomic E-state index is -0.243. The molecule has 21 heavy (non-hydrogen) atoms. The highest BCUT2D eigenvalue weighted by atomic mass is 19.1. The Kier molecular flexibility index (Phi) is 4.70. The second-order valence-electron chi connectivity index (χ2n) is 6.07. The first-order valence-corrected chi connectivity index (χ1v) is 7.90. The van der Waals surface area contributed by atoms with Gasteiger partial charge in [-0.2, -0.15) is 0 Å². The van der Waals surface area contributed by atoms with Crippen molar-refractivity contribution in [3.8, 4) is 0 Å². The van der Waals surface area contributed by atoms with Gasteiger partial charge in [-0.05, 0) is 57.5 Å². The van der Waals surface area contributed by atoms with E-state index >= 15 is 0 Å². The topological polar surface area (TPSA) is 45.1 Å². The Morgan fingerprint density at radius 3 is 2.90 bits per heavy atom. The van der Waals surface area contributed by atoms with Crippen LogP contribution < -0.4 is 0 Å². The van der Waals surface area contributed by atoms with Crippen LogP contribution in [0.5, 0.6) is 0 Å². The first-order valence-electron chi connectivity index (χ1n) is 7.90. The molecule has 2 aliphatic heterocycles. The summed E-state index contributed by atoms with van der Waals surface area (Å²) in [5.41, 5.74) is 1.09. The van der Waals surface area contributed by atoms with Crippen LogP contribution in [0.1, 0.15) is 25.7 Å². The molecule has 0 spiro atoms. The van der Waals surface area contributed by atoms with Crippen LogP contribution in [0.3, 0.4) is 0 Å². The molecule has 0 aromatic rings. The molecule has 3 rings (SSSR count). The zero-order chi connectivity index (χ0) is 14.7. The molecule has 0 bridgehead atoms. The second-order valence-corrected chi connectivity index (χ2v) is 6.07. The fraction of sp³-hybridized carbons (Fsp3) is 0.688. The monoisotopic (exact) mass is 294 g/mol. The van der Waals surface area contributed by atoms with Crippen molar-refractivity contribution in [2.45, 2.75) is 31.8 Å². The Labute approximate surface area is 124 Å². The number of aliphatic hydroxyl groups excluding tert-OH is 1. The molecular formula is C16H23FN2O2. The number of fused-ring (bicyclic) bond motifs is 1. The van der Waals surface area contributed by atoms with Gasteiger partial charge >= 0.3 is 0 Å². The normalized spacial score (nSPS) is 29.8. The smallest absolute Gasteiger partial charge is 0.160 e. The van der Waals surface area contributed by atoms with Gasteiger partial charge in [0.05, 0.1) is 11.6 Å². The summed E-state index contributed by atoms with van der Waals surface area (Å²) in [5.74, 6) is 0.343. The molecule has 5 heteroatoms. The van der Waals surface area contributed by atoms with E-state index in [2.05, 4.69) is 10.1 Å². The van der Waals surface area contributed by atoms with E-state index in [9.17, 15) is 4.39 Å². The van der Waals surface area contributed by atoms with E-state index in [1.54, 1.807) is 0 Å². The number of halogens is 1. The summed E-state index contributed by atoms with van der Waals surface area (Å²) in [6, 6.07) is 0. The van der Waals surface area contributed by atoms with Crippen molar-refractivity contribution < 1.29 is 14.3 Å². The molecule has 2 unspecified atom stereocenters. The van der Waals surface area contributed by atoms with Crippen LogP contribution in [-0.2, 0) is 4.84 Å². The van der Waals surface area contributed by atoms with Crippen molar-refractivity contribution in [3.63, 3.8) is 0 Å². The third kappa shape index (κ3) is 3.35. The van der Waals surface area contributed by atoms with Crippen molar-refractivity contribution in [1.29, 1.82) is 0 Å². The van der Waals surface area contributed by atoms with Crippen molar-refractivity contribution in [1.82, 2.24) is 4.90 Å². The number of allylic oxidation sites excluding steroid dienone is 2. The zero-order valence-electron chi connectivity index (χ0n) is 12.2. The maximum atomic E-state index is 13.2. The van der Waals surface area contributed by atoms with Gasteiger partial charge in [-0.3, -0.25) is 0 Å². The van der Waals surface area contributed by atoms with Gasteiger partial charge in [-0.25, -0.2) is 4.39 Å². The van der Waals surface area contributed by atoms with Gasteiger partial charge in [-0.15, -0.1) is 0 Å². The number of rotatable bonds is 5. The molecule has 0 radical (unpaired) electrons. The summed E-state index contributed by atoms with van der Waals surface area (Å²) in [6.45, 7) is 3.49. The summed E-state index contributed by atoms with van der Waals surface area (Å²) >= 11 is 0. The molecule has 3 aliphatic rings. The van der Waals surface area contributed by atoms with Gasteiger partial charge in [0.25, 0.3) is 0 Å². The van der Waals surface area contributed by atoms with Gasteiger partial charge in [-0.1, -0.05) is 11.2 Å². The van der Waals surface area contributed by atoms with Crippen LogP contribution in [-0.4, -0.2) is 48.1 Å². The molecule has 1 N–H and O–H groups in total. The summed E-state index contributed by atoms with van der Waals surface area (Å²) in [4.78, 5) is 7.83. The molecular weight excluding hydrogens is 271 g/mol. The maximum Gasteiger partial charge on any atom is 0.160 e. The van der Waals surface area contributed by atoms with Gasteiger partial charge < -0.3 is 14.8 Å². The lowest BCUT2D eigenvalue weighted by atomic mass is 9.81. The van der Waals surface area contributed by atoms with Crippen molar-refractivity contribution in [2.24, 2.45) is 17.0 Å². The third-order valence-corrected chi connectivity index (χ3v) is 4.65. The van der Waals surface area contributed by atoms with Gasteiger partial charge in [0.15, 0.2) is 6.10 Å². The van der Waals surface area contributed by atoms with E-state index in [0.717, 1.165) is 51.0 Å². The number of likely N-dealkylation sites (tertiary alicyclic amines) is 1. The first-order chi connectivity index (χ1) is 10.3. The molecule has 1 fully saturated rings. The second kappa shape index (κ2) is 6.71. The predicted molar refractivity (Wildman–Crippen MR) is 79.6 cm³/mol. The summed E-state index contributed by atoms with van der Waals surface area (Å²) in [6.07, 6.45) is 8.80. The summed E-state index contributed by atoms with van der Waals surface area (Å²) < 4.78 is 13.2. The lowest BCUT2D eigenvalue weighted by Crippen LogP contribution is -2.38. The number of piperidine rings is 1.